The molecule has 0 spiro atoms. The number of nitrogens with one attached hydrogen (secondary N) is 4. The summed E-state index contributed by atoms with van der Waals surface area (Å²) in [4.78, 5) is 0. The zero-order valence-corrected chi connectivity index (χ0v) is 13.7. The van der Waals surface area contributed by atoms with E-state index in [2.05, 4.69) is 45.7 Å². The van der Waals surface area contributed by atoms with Crippen molar-refractivity contribution in [1.82, 2.24) is 16.0 Å². The molecule has 0 radical (unpaired) electrons. The van der Waals surface area contributed by atoms with E-state index in [4.69, 9.17) is 0 Å². The Kier molecular flexibility index (Phi) is 4.26. The molecule has 0 amide bonds. The predicted molar refractivity (Wildman–Crippen MR) is 97.3 cm³/mol. The van der Waals surface area contributed by atoms with Crippen LogP contribution in [-0.2, 0) is 0 Å². The van der Waals surface area contributed by atoms with E-state index in [1.165, 1.54) is 11.3 Å². The molecule has 0 atom stereocenters. The van der Waals surface area contributed by atoms with Gasteiger partial charge in [-0.05, 0) is 61.1 Å². The molecule has 1 aromatic rings. The normalized spacial score (nSPS) is 20.4. The molecule has 4 rings (SSSR count). The van der Waals surface area contributed by atoms with Crippen LogP contribution in [0.5, 0.6) is 0 Å². The van der Waals surface area contributed by atoms with Gasteiger partial charge in [-0.15, -0.1) is 0 Å². The first kappa shape index (κ1) is 15.3. The first-order chi connectivity index (χ1) is 11.8. The van der Waals surface area contributed by atoms with Crippen molar-refractivity contribution in [2.45, 2.75) is 18.9 Å². The van der Waals surface area contributed by atoms with Crippen LogP contribution < -0.4 is 31.7 Å². The lowest BCUT2D eigenvalue weighted by atomic mass is 9.98. The van der Waals surface area contributed by atoms with Gasteiger partial charge in [0.2, 0.25) is 0 Å². The van der Waals surface area contributed by atoms with Crippen LogP contribution in [0.15, 0.2) is 30.2 Å². The van der Waals surface area contributed by atoms with Crippen molar-refractivity contribution in [2.75, 3.05) is 31.5 Å². The SMILES string of the molecule is FC1=C(c2cc(NC3CCNCC3)c3c(c2)=CCNC=3)CNC=C1. The van der Waals surface area contributed by atoms with Gasteiger partial charge in [0.05, 0.1) is 0 Å². The first-order valence-corrected chi connectivity index (χ1v) is 8.65. The molecule has 0 aromatic heterocycles. The van der Waals surface area contributed by atoms with Crippen LogP contribution in [-0.4, -0.2) is 32.2 Å². The first-order valence-electron chi connectivity index (χ1n) is 8.65. The molecule has 1 aromatic carbocycles. The fourth-order valence-corrected chi connectivity index (χ4v) is 3.53. The second kappa shape index (κ2) is 6.69. The van der Waals surface area contributed by atoms with Gasteiger partial charge in [-0.1, -0.05) is 6.08 Å². The number of hydrogen-bond donors (Lipinski definition) is 4. The number of allylic oxidation sites excluding steroid dienone is 2. The molecular weight excluding hydrogens is 303 g/mol. The van der Waals surface area contributed by atoms with Crippen LogP contribution in [0.1, 0.15) is 18.4 Å². The highest BCUT2D eigenvalue weighted by Gasteiger charge is 2.16. The van der Waals surface area contributed by atoms with E-state index in [0.717, 1.165) is 54.5 Å². The molecule has 0 aliphatic carbocycles. The van der Waals surface area contributed by atoms with Crippen molar-refractivity contribution in [2.24, 2.45) is 0 Å². The summed E-state index contributed by atoms with van der Waals surface area (Å²) in [5.74, 6) is -0.153. The maximum atomic E-state index is 14.2. The topological polar surface area (TPSA) is 48.1 Å². The lowest BCUT2D eigenvalue weighted by Gasteiger charge is -2.26. The molecular formula is C19H23FN4. The summed E-state index contributed by atoms with van der Waals surface area (Å²) in [5.41, 5.74) is 2.76. The minimum Gasteiger partial charge on any atom is -0.387 e. The van der Waals surface area contributed by atoms with Crippen LogP contribution in [0.25, 0.3) is 17.8 Å². The molecule has 3 aliphatic heterocycles. The summed E-state index contributed by atoms with van der Waals surface area (Å²) in [5, 5.41) is 15.8. The Hall–Kier alpha value is -2.27. The molecule has 1 fully saturated rings. The largest absolute Gasteiger partial charge is 0.387 e. The monoisotopic (exact) mass is 326 g/mol. The van der Waals surface area contributed by atoms with Gasteiger partial charge in [-0.2, -0.15) is 0 Å². The van der Waals surface area contributed by atoms with Gasteiger partial charge in [0.1, 0.15) is 5.83 Å². The Balaban J connectivity index is 1.77. The van der Waals surface area contributed by atoms with E-state index in [9.17, 15) is 4.39 Å². The van der Waals surface area contributed by atoms with Gasteiger partial charge >= 0.3 is 0 Å². The lowest BCUT2D eigenvalue weighted by Crippen LogP contribution is -2.40. The van der Waals surface area contributed by atoms with E-state index < -0.39 is 0 Å². The number of benzene rings is 1. The van der Waals surface area contributed by atoms with E-state index in [1.807, 2.05) is 0 Å². The summed E-state index contributed by atoms with van der Waals surface area (Å²) < 4.78 is 14.2. The van der Waals surface area contributed by atoms with Crippen LogP contribution in [0.4, 0.5) is 10.1 Å². The number of hydrogen-bond acceptors (Lipinski definition) is 4. The van der Waals surface area contributed by atoms with Gasteiger partial charge < -0.3 is 21.3 Å². The molecule has 0 bridgehead atoms. The van der Waals surface area contributed by atoms with Gasteiger partial charge in [0, 0.05) is 41.8 Å². The number of halogens is 1. The van der Waals surface area contributed by atoms with Crippen LogP contribution in [0, 0.1) is 0 Å². The van der Waals surface area contributed by atoms with Crippen molar-refractivity contribution in [3.63, 3.8) is 0 Å². The van der Waals surface area contributed by atoms with Crippen molar-refractivity contribution in [3.8, 4) is 0 Å². The van der Waals surface area contributed by atoms with Crippen molar-refractivity contribution < 1.29 is 4.39 Å². The molecule has 0 saturated carbocycles. The van der Waals surface area contributed by atoms with Crippen molar-refractivity contribution in [3.05, 3.63) is 46.2 Å². The zero-order valence-electron chi connectivity index (χ0n) is 13.7. The molecule has 4 nitrogen and oxygen atoms in total. The molecule has 1 saturated heterocycles. The average Bonchev–Trinajstić information content (AvgIpc) is 2.63. The Morgan fingerprint density at radius 2 is 2.00 bits per heavy atom. The molecule has 24 heavy (non-hydrogen) atoms. The molecule has 0 unspecified atom stereocenters. The third kappa shape index (κ3) is 3.04. The van der Waals surface area contributed by atoms with Gasteiger partial charge in [-0.25, -0.2) is 4.39 Å². The van der Waals surface area contributed by atoms with Crippen molar-refractivity contribution in [1.29, 1.82) is 0 Å². The predicted octanol–water partition coefficient (Wildman–Crippen LogP) is 0.770. The van der Waals surface area contributed by atoms with E-state index >= 15 is 0 Å². The molecule has 126 valence electrons. The van der Waals surface area contributed by atoms with Gasteiger partial charge in [0.15, 0.2) is 0 Å². The molecule has 4 N–H and O–H groups in total. The Labute approximate surface area is 141 Å². The highest BCUT2D eigenvalue weighted by atomic mass is 19.1. The number of anilines is 1. The lowest BCUT2D eigenvalue weighted by molar-refractivity contribution is 0.479. The van der Waals surface area contributed by atoms with Crippen molar-refractivity contribution >= 4 is 23.5 Å². The minimum atomic E-state index is -0.153. The standard InChI is InChI=1S/C19H23FN4/c20-18-4-8-23-11-16(18)14-9-13-1-5-22-12-17(13)19(10-14)24-15-2-6-21-7-3-15/h1,4,8-10,12,15,21-24H,2-3,5-7,11H2. The quantitative estimate of drug-likeness (QED) is 0.663. The summed E-state index contributed by atoms with van der Waals surface area (Å²) in [6.45, 7) is 3.42. The maximum Gasteiger partial charge on any atom is 0.130 e. The summed E-state index contributed by atoms with van der Waals surface area (Å²) in [7, 11) is 0. The number of piperidine rings is 1. The Bertz CT molecular complexity index is 803. The van der Waals surface area contributed by atoms with E-state index in [0.29, 0.717) is 12.6 Å². The maximum absolute atomic E-state index is 14.2. The second-order valence-corrected chi connectivity index (χ2v) is 6.49. The minimum absolute atomic E-state index is 0.153. The fourth-order valence-electron chi connectivity index (χ4n) is 3.53. The van der Waals surface area contributed by atoms with Crippen LogP contribution in [0.3, 0.4) is 0 Å². The highest BCUT2D eigenvalue weighted by Crippen LogP contribution is 2.23. The Morgan fingerprint density at radius 1 is 1.12 bits per heavy atom. The highest BCUT2D eigenvalue weighted by molar-refractivity contribution is 5.75. The molecule has 5 heteroatoms. The number of rotatable bonds is 3. The van der Waals surface area contributed by atoms with Gasteiger partial charge in [0.25, 0.3) is 0 Å². The smallest absolute Gasteiger partial charge is 0.130 e. The van der Waals surface area contributed by atoms with E-state index in [1.54, 1.807) is 6.20 Å². The fraction of sp³-hybridized carbons (Fsp3) is 0.368. The van der Waals surface area contributed by atoms with E-state index in [-0.39, 0.29) is 5.83 Å². The zero-order chi connectivity index (χ0) is 16.4. The van der Waals surface area contributed by atoms with Crippen LogP contribution >= 0.6 is 0 Å². The average molecular weight is 326 g/mol. The Morgan fingerprint density at radius 3 is 2.83 bits per heavy atom. The number of dihydropyridines is 1. The summed E-state index contributed by atoms with van der Waals surface area (Å²) in [6, 6.07) is 4.65. The molecule has 3 heterocycles. The number of fused-ring (bicyclic) bond motifs is 1. The van der Waals surface area contributed by atoms with Gasteiger partial charge in [-0.3, -0.25) is 0 Å². The third-order valence-electron chi connectivity index (χ3n) is 4.86. The second-order valence-electron chi connectivity index (χ2n) is 6.49. The summed E-state index contributed by atoms with van der Waals surface area (Å²) in [6.07, 6.45) is 9.60. The summed E-state index contributed by atoms with van der Waals surface area (Å²) >= 11 is 0. The van der Waals surface area contributed by atoms with Crippen LogP contribution in [0.2, 0.25) is 0 Å². The third-order valence-corrected chi connectivity index (χ3v) is 4.86. The molecule has 3 aliphatic rings.